The maximum absolute atomic E-state index is 10.1. The average Bonchev–Trinajstić information content (AvgIpc) is 2.61. The zero-order chi connectivity index (χ0) is 11.1. The van der Waals surface area contributed by atoms with Crippen molar-refractivity contribution in [3.05, 3.63) is 25.1 Å². The molecule has 86 valence electrons. The Hall–Kier alpha value is -1.01. The van der Waals surface area contributed by atoms with Gasteiger partial charge in [-0.2, -0.15) is 0 Å². The van der Waals surface area contributed by atoms with Crippen LogP contribution in [0.3, 0.4) is 0 Å². The molecule has 5 nitrogen and oxygen atoms in total. The maximum Gasteiger partial charge on any atom is 0.257 e. The highest BCUT2D eigenvalue weighted by atomic mass is 32.2. The van der Waals surface area contributed by atoms with Crippen LogP contribution in [0.4, 0.5) is 0 Å². The summed E-state index contributed by atoms with van der Waals surface area (Å²) in [6.45, 7) is 6.37. The van der Waals surface area contributed by atoms with E-state index < -0.39 is 11.0 Å². The fourth-order valence-electron chi connectivity index (χ4n) is 1.35. The summed E-state index contributed by atoms with van der Waals surface area (Å²) in [6.07, 6.45) is 6.53. The minimum atomic E-state index is -2.70. The Morgan fingerprint density at radius 3 is 2.80 bits per heavy atom. The normalized spacial score (nSPS) is 15.3. The summed E-state index contributed by atoms with van der Waals surface area (Å²) in [4.78, 5) is 4.21. The molecule has 6 heteroatoms. The van der Waals surface area contributed by atoms with Gasteiger partial charge in [-0.3, -0.25) is 4.18 Å². The van der Waals surface area contributed by atoms with Crippen LogP contribution in [0.1, 0.15) is 6.42 Å². The topological polar surface area (TPSA) is 49.9 Å². The molecule has 0 amide bonds. The van der Waals surface area contributed by atoms with Gasteiger partial charge in [-0.25, -0.2) is 8.42 Å². The lowest BCUT2D eigenvalue weighted by Crippen LogP contribution is -2.26. The number of thiol groups is 1. The molecule has 1 heterocycles. The highest BCUT2D eigenvalue weighted by molar-refractivity contribution is 7.67. The predicted molar refractivity (Wildman–Crippen MR) is 58.5 cm³/mol. The van der Waals surface area contributed by atoms with Gasteiger partial charge >= 0.3 is 0 Å². The molecule has 0 saturated carbocycles. The molecule has 1 aliphatic heterocycles. The first-order chi connectivity index (χ1) is 7.22. The third-order valence-electron chi connectivity index (χ3n) is 2.00. The molecular weight excluding hydrogens is 216 g/mol. The summed E-state index contributed by atoms with van der Waals surface area (Å²) in [6, 6.07) is 0. The molecule has 0 bridgehead atoms. The number of rotatable bonds is 7. The lowest BCUT2D eigenvalue weighted by Gasteiger charge is -2.19. The van der Waals surface area contributed by atoms with Crippen molar-refractivity contribution in [3.63, 3.8) is 0 Å². The van der Waals surface area contributed by atoms with E-state index in [0.717, 1.165) is 19.8 Å². The van der Waals surface area contributed by atoms with Gasteiger partial charge in [0.2, 0.25) is 0 Å². The highest BCUT2D eigenvalue weighted by Crippen LogP contribution is 2.06. The second kappa shape index (κ2) is 6.47. The Morgan fingerprint density at radius 1 is 1.40 bits per heavy atom. The molecule has 1 rings (SSSR count). The first kappa shape index (κ1) is 12.1. The van der Waals surface area contributed by atoms with Gasteiger partial charge in [0.05, 0.1) is 13.3 Å². The molecule has 0 aromatic heterocycles. The van der Waals surface area contributed by atoms with Crippen molar-refractivity contribution in [2.75, 3.05) is 26.4 Å². The van der Waals surface area contributed by atoms with Gasteiger partial charge in [0, 0.05) is 25.5 Å². The van der Waals surface area contributed by atoms with Gasteiger partial charge in [-0.15, -0.1) is 6.58 Å². The lowest BCUT2D eigenvalue weighted by atomic mass is 10.4. The van der Waals surface area contributed by atoms with E-state index in [2.05, 4.69) is 20.6 Å². The minimum Gasteiger partial charge on any atom is -0.358 e. The molecular formula is C9H16N2O3S. The monoisotopic (exact) mass is 232 g/mol. The van der Waals surface area contributed by atoms with Gasteiger partial charge in [-0.05, 0) is 6.42 Å². The van der Waals surface area contributed by atoms with E-state index in [1.807, 2.05) is 18.5 Å². The Bertz CT molecular complexity index is 294. The van der Waals surface area contributed by atoms with Crippen molar-refractivity contribution in [3.8, 4) is 0 Å². The molecule has 0 radical (unpaired) electrons. The van der Waals surface area contributed by atoms with E-state index in [4.69, 9.17) is 0 Å². The van der Waals surface area contributed by atoms with Crippen LogP contribution in [-0.2, 0) is 15.2 Å². The molecule has 0 N–H and O–H groups in total. The van der Waals surface area contributed by atoms with Crippen LogP contribution in [0.15, 0.2) is 25.1 Å². The van der Waals surface area contributed by atoms with Crippen LogP contribution in [0, 0.1) is 0 Å². The van der Waals surface area contributed by atoms with Crippen molar-refractivity contribution >= 4 is 11.0 Å². The molecule has 0 atom stereocenters. The van der Waals surface area contributed by atoms with Crippen LogP contribution in [0.5, 0.6) is 0 Å². The van der Waals surface area contributed by atoms with Crippen LogP contribution >= 0.6 is 0 Å². The summed E-state index contributed by atoms with van der Waals surface area (Å²) in [5.74, 6) is 0. The third kappa shape index (κ3) is 4.85. The van der Waals surface area contributed by atoms with Crippen molar-refractivity contribution < 1.29 is 12.6 Å². The van der Waals surface area contributed by atoms with Gasteiger partial charge < -0.3 is 9.80 Å². The van der Waals surface area contributed by atoms with E-state index in [0.29, 0.717) is 6.42 Å². The summed E-state index contributed by atoms with van der Waals surface area (Å²) in [7, 11) is -2.70. The molecule has 0 aliphatic carbocycles. The van der Waals surface area contributed by atoms with E-state index in [1.165, 1.54) is 0 Å². The second-order valence-electron chi connectivity index (χ2n) is 3.22. The van der Waals surface area contributed by atoms with Gasteiger partial charge in [0.25, 0.3) is 11.0 Å². The molecule has 1 aliphatic rings. The van der Waals surface area contributed by atoms with Crippen molar-refractivity contribution in [2.45, 2.75) is 6.42 Å². The Morgan fingerprint density at radius 2 is 2.13 bits per heavy atom. The number of hydrogen-bond donors (Lipinski definition) is 1. The van der Waals surface area contributed by atoms with E-state index in [1.54, 1.807) is 0 Å². The molecule has 0 saturated heterocycles. The Labute approximate surface area is 91.8 Å². The largest absolute Gasteiger partial charge is 0.358 e. The standard InChI is InChI=1S/C9H16N2O3S/c1-2-4-10-6-7-11(9-10)5-3-8-14-15(12)13/h2,6-7,15H,1,3-5,8-9H2. The fourth-order valence-corrected chi connectivity index (χ4v) is 1.63. The van der Waals surface area contributed by atoms with Crippen molar-refractivity contribution in [1.29, 1.82) is 0 Å². The van der Waals surface area contributed by atoms with E-state index in [9.17, 15) is 8.42 Å². The van der Waals surface area contributed by atoms with Gasteiger partial charge in [-0.1, -0.05) is 6.08 Å². The van der Waals surface area contributed by atoms with E-state index >= 15 is 0 Å². The quantitative estimate of drug-likeness (QED) is 0.385. The SMILES string of the molecule is C=CCN1C=CN(CCCO[SH](=O)=O)C1. The smallest absolute Gasteiger partial charge is 0.257 e. The fraction of sp³-hybridized carbons (Fsp3) is 0.556. The first-order valence-corrected chi connectivity index (χ1v) is 5.86. The number of nitrogens with zero attached hydrogens (tertiary/aromatic N) is 2. The molecule has 0 fully saturated rings. The average molecular weight is 232 g/mol. The first-order valence-electron chi connectivity index (χ1n) is 4.77. The van der Waals surface area contributed by atoms with E-state index in [-0.39, 0.29) is 6.61 Å². The summed E-state index contributed by atoms with van der Waals surface area (Å²) < 4.78 is 24.7. The van der Waals surface area contributed by atoms with Crippen molar-refractivity contribution in [1.82, 2.24) is 9.80 Å². The highest BCUT2D eigenvalue weighted by Gasteiger charge is 2.09. The molecule has 0 aromatic rings. The third-order valence-corrected chi connectivity index (χ3v) is 2.39. The van der Waals surface area contributed by atoms with Gasteiger partial charge in [0.1, 0.15) is 0 Å². The molecule has 0 unspecified atom stereocenters. The Balaban J connectivity index is 2.09. The summed E-state index contributed by atoms with van der Waals surface area (Å²) in [5.41, 5.74) is 0. The lowest BCUT2D eigenvalue weighted by molar-refractivity contribution is 0.252. The van der Waals surface area contributed by atoms with Gasteiger partial charge in [0.15, 0.2) is 0 Å². The molecule has 0 aromatic carbocycles. The van der Waals surface area contributed by atoms with Crippen LogP contribution in [0.25, 0.3) is 0 Å². The molecule has 0 spiro atoms. The zero-order valence-corrected chi connectivity index (χ0v) is 9.44. The van der Waals surface area contributed by atoms with Crippen molar-refractivity contribution in [2.24, 2.45) is 0 Å². The minimum absolute atomic E-state index is 0.254. The zero-order valence-electron chi connectivity index (χ0n) is 8.54. The Kier molecular flexibility index (Phi) is 5.20. The van der Waals surface area contributed by atoms with Crippen LogP contribution < -0.4 is 0 Å². The second-order valence-corrected chi connectivity index (χ2v) is 3.93. The maximum atomic E-state index is 10.1. The predicted octanol–water partition coefficient (Wildman–Crippen LogP) is 0.152. The van der Waals surface area contributed by atoms with Crippen LogP contribution in [-0.4, -0.2) is 44.6 Å². The number of hydrogen-bond acceptors (Lipinski definition) is 5. The van der Waals surface area contributed by atoms with Crippen LogP contribution in [0.2, 0.25) is 0 Å². The molecule has 15 heavy (non-hydrogen) atoms. The summed E-state index contributed by atoms with van der Waals surface area (Å²) in [5, 5.41) is 0. The summed E-state index contributed by atoms with van der Waals surface area (Å²) >= 11 is 0.